The summed E-state index contributed by atoms with van der Waals surface area (Å²) in [5.74, 6) is -0.661. The first-order valence-corrected chi connectivity index (χ1v) is 9.17. The lowest BCUT2D eigenvalue weighted by Crippen LogP contribution is -2.43. The summed E-state index contributed by atoms with van der Waals surface area (Å²) in [6.07, 6.45) is 0.792. The number of aromatic nitrogens is 2. The first-order chi connectivity index (χ1) is 12.1. The van der Waals surface area contributed by atoms with E-state index in [1.807, 2.05) is 0 Å². The van der Waals surface area contributed by atoms with E-state index in [4.69, 9.17) is 5.73 Å². The summed E-state index contributed by atoms with van der Waals surface area (Å²) in [6.45, 7) is -0.221. The van der Waals surface area contributed by atoms with Gasteiger partial charge in [-0.05, 0) is 5.56 Å². The van der Waals surface area contributed by atoms with Crippen LogP contribution in [0.4, 0.5) is 0 Å². The first kappa shape index (κ1) is 19.6. The van der Waals surface area contributed by atoms with Crippen molar-refractivity contribution >= 4 is 15.9 Å². The molecule has 1 aromatic heterocycles. The maximum Gasteiger partial charge on any atom is 0.330 e. The average molecular weight is 380 g/mol. The van der Waals surface area contributed by atoms with Crippen LogP contribution in [0.15, 0.2) is 51.0 Å². The normalized spacial score (nSPS) is 11.7. The van der Waals surface area contributed by atoms with E-state index in [1.165, 1.54) is 14.1 Å². The monoisotopic (exact) mass is 380 g/mol. The fourth-order valence-electron chi connectivity index (χ4n) is 2.40. The summed E-state index contributed by atoms with van der Waals surface area (Å²) in [5, 5.41) is 0. The molecule has 0 aliphatic rings. The predicted octanol–water partition coefficient (Wildman–Crippen LogP) is -0.850. The molecule has 1 heterocycles. The van der Waals surface area contributed by atoms with Crippen LogP contribution in [0.5, 0.6) is 0 Å². The molecule has 0 radical (unpaired) electrons. The molecule has 10 heteroatoms. The zero-order chi connectivity index (χ0) is 19.5. The lowest BCUT2D eigenvalue weighted by Gasteiger charge is -2.22. The number of carbonyl (C=O) groups excluding carboxylic acids is 1. The molecule has 0 saturated carbocycles. The van der Waals surface area contributed by atoms with Gasteiger partial charge in [0.25, 0.3) is 5.56 Å². The van der Waals surface area contributed by atoms with Crippen molar-refractivity contribution in [2.45, 2.75) is 17.9 Å². The smallest absolute Gasteiger partial charge is 0.330 e. The van der Waals surface area contributed by atoms with Crippen molar-refractivity contribution in [1.82, 2.24) is 13.4 Å². The quantitative estimate of drug-likeness (QED) is 0.670. The molecule has 2 N–H and O–H groups in total. The highest BCUT2D eigenvalue weighted by Crippen LogP contribution is 2.15. The highest BCUT2D eigenvalue weighted by Gasteiger charge is 2.29. The van der Waals surface area contributed by atoms with E-state index in [0.29, 0.717) is 5.56 Å². The van der Waals surface area contributed by atoms with Gasteiger partial charge in [0.05, 0.1) is 0 Å². The van der Waals surface area contributed by atoms with Crippen LogP contribution in [0.25, 0.3) is 0 Å². The number of nitrogens with two attached hydrogens (primary N) is 1. The van der Waals surface area contributed by atoms with Gasteiger partial charge < -0.3 is 10.3 Å². The Bertz CT molecular complexity index is 1020. The Morgan fingerprint density at radius 2 is 1.77 bits per heavy atom. The lowest BCUT2D eigenvalue weighted by molar-refractivity contribution is -0.118. The summed E-state index contributed by atoms with van der Waals surface area (Å²) in [6, 6.07) is 8.74. The molecule has 2 rings (SSSR count). The average Bonchev–Trinajstić information content (AvgIpc) is 2.60. The molecule has 9 nitrogen and oxygen atoms in total. The van der Waals surface area contributed by atoms with Gasteiger partial charge >= 0.3 is 5.69 Å². The molecule has 0 aliphatic heterocycles. The molecule has 0 saturated heterocycles. The van der Waals surface area contributed by atoms with Crippen molar-refractivity contribution in [3.8, 4) is 0 Å². The van der Waals surface area contributed by atoms with Gasteiger partial charge in [-0.2, -0.15) is 4.31 Å². The predicted molar refractivity (Wildman–Crippen MR) is 94.8 cm³/mol. The van der Waals surface area contributed by atoms with Crippen molar-refractivity contribution in [3.63, 3.8) is 0 Å². The summed E-state index contributed by atoms with van der Waals surface area (Å²) >= 11 is 0. The third-order valence-corrected chi connectivity index (χ3v) is 5.67. The van der Waals surface area contributed by atoms with Crippen molar-refractivity contribution < 1.29 is 13.2 Å². The van der Waals surface area contributed by atoms with Gasteiger partial charge in [-0.3, -0.25) is 14.2 Å². The molecule has 1 amide bonds. The van der Waals surface area contributed by atoms with Crippen molar-refractivity contribution in [2.75, 3.05) is 6.54 Å². The van der Waals surface area contributed by atoms with Gasteiger partial charge in [0, 0.05) is 39.8 Å². The lowest BCUT2D eigenvalue weighted by atomic mass is 10.2. The number of hydrogen-bond donors (Lipinski definition) is 1. The second kappa shape index (κ2) is 7.67. The van der Waals surface area contributed by atoms with E-state index in [9.17, 15) is 22.8 Å². The van der Waals surface area contributed by atoms with Crippen LogP contribution < -0.4 is 17.0 Å². The van der Waals surface area contributed by atoms with Crippen LogP contribution in [0.2, 0.25) is 0 Å². The summed E-state index contributed by atoms with van der Waals surface area (Å²) in [7, 11) is -1.70. The van der Waals surface area contributed by atoms with E-state index in [-0.39, 0.29) is 19.5 Å². The van der Waals surface area contributed by atoms with E-state index in [2.05, 4.69) is 0 Å². The number of amides is 1. The second-order valence-corrected chi connectivity index (χ2v) is 7.70. The number of rotatable bonds is 7. The van der Waals surface area contributed by atoms with Gasteiger partial charge in [0.15, 0.2) is 4.90 Å². The fraction of sp³-hybridized carbons (Fsp3) is 0.312. The molecule has 0 bridgehead atoms. The SMILES string of the molecule is Cn1cc(S(=O)(=O)N(CCC(N)=O)Cc2ccccc2)c(=O)n(C)c1=O. The van der Waals surface area contributed by atoms with E-state index in [1.54, 1.807) is 30.3 Å². The molecule has 0 spiro atoms. The zero-order valence-corrected chi connectivity index (χ0v) is 15.3. The third kappa shape index (κ3) is 4.09. The minimum atomic E-state index is -4.25. The van der Waals surface area contributed by atoms with Crippen molar-refractivity contribution in [3.05, 3.63) is 62.9 Å². The Kier molecular flexibility index (Phi) is 5.78. The first-order valence-electron chi connectivity index (χ1n) is 7.73. The maximum atomic E-state index is 13.0. The largest absolute Gasteiger partial charge is 0.370 e. The van der Waals surface area contributed by atoms with Crippen molar-refractivity contribution in [2.24, 2.45) is 19.8 Å². The molecular formula is C16H20N4O5S. The number of primary amides is 1. The Morgan fingerprint density at radius 3 is 2.35 bits per heavy atom. The maximum absolute atomic E-state index is 13.0. The second-order valence-electron chi connectivity index (χ2n) is 5.79. The zero-order valence-electron chi connectivity index (χ0n) is 14.5. The van der Waals surface area contributed by atoms with Crippen molar-refractivity contribution in [1.29, 1.82) is 0 Å². The minimum Gasteiger partial charge on any atom is -0.370 e. The van der Waals surface area contributed by atoms with E-state index >= 15 is 0 Å². The highest BCUT2D eigenvalue weighted by atomic mass is 32.2. The molecule has 1 aromatic carbocycles. The Labute approximate surface area is 150 Å². The molecule has 26 heavy (non-hydrogen) atoms. The minimum absolute atomic E-state index is 0.0392. The van der Waals surface area contributed by atoms with Crippen LogP contribution in [-0.2, 0) is 35.5 Å². The summed E-state index contributed by atoms with van der Waals surface area (Å²) in [5.41, 5.74) is 4.26. The highest BCUT2D eigenvalue weighted by molar-refractivity contribution is 7.89. The molecule has 0 aliphatic carbocycles. The molecule has 0 unspecified atom stereocenters. The van der Waals surface area contributed by atoms with Crippen LogP contribution in [0.3, 0.4) is 0 Å². The van der Waals surface area contributed by atoms with E-state index in [0.717, 1.165) is 19.6 Å². The van der Waals surface area contributed by atoms with Crippen LogP contribution in [-0.4, -0.2) is 34.3 Å². The van der Waals surface area contributed by atoms with Gasteiger partial charge in [-0.25, -0.2) is 13.2 Å². The number of sulfonamides is 1. The van der Waals surface area contributed by atoms with Crippen LogP contribution in [0, 0.1) is 0 Å². The molecule has 0 fully saturated rings. The Morgan fingerprint density at radius 1 is 1.15 bits per heavy atom. The number of hydrogen-bond acceptors (Lipinski definition) is 5. The molecule has 140 valence electrons. The van der Waals surface area contributed by atoms with Gasteiger partial charge in [-0.15, -0.1) is 0 Å². The van der Waals surface area contributed by atoms with E-state index < -0.39 is 32.1 Å². The summed E-state index contributed by atoms with van der Waals surface area (Å²) in [4.78, 5) is 34.7. The summed E-state index contributed by atoms with van der Waals surface area (Å²) < 4.78 is 28.8. The molecule has 0 atom stereocenters. The molecular weight excluding hydrogens is 360 g/mol. The number of nitrogens with zero attached hydrogens (tertiary/aromatic N) is 3. The number of carbonyl (C=O) groups is 1. The standard InChI is InChI=1S/C16H20N4O5S/c1-18-11-13(15(22)19(2)16(18)23)26(24,25)20(9-8-14(17)21)10-12-6-4-3-5-7-12/h3-7,11H,8-10H2,1-2H3,(H2,17,21). The Balaban J connectivity index is 2.53. The van der Waals surface area contributed by atoms with Gasteiger partial charge in [0.2, 0.25) is 15.9 Å². The number of aryl methyl sites for hydroxylation is 1. The fourth-order valence-corrected chi connectivity index (χ4v) is 3.98. The molecule has 2 aromatic rings. The van der Waals surface area contributed by atoms with Crippen LogP contribution >= 0.6 is 0 Å². The van der Waals surface area contributed by atoms with Gasteiger partial charge in [0.1, 0.15) is 0 Å². The third-order valence-electron chi connectivity index (χ3n) is 3.84. The Hall–Kier alpha value is -2.72. The topological polar surface area (TPSA) is 124 Å². The number of benzene rings is 1. The van der Waals surface area contributed by atoms with Crippen LogP contribution in [0.1, 0.15) is 12.0 Å². The van der Waals surface area contributed by atoms with Gasteiger partial charge in [-0.1, -0.05) is 30.3 Å².